The van der Waals surface area contributed by atoms with Crippen molar-refractivity contribution in [2.45, 2.75) is 0 Å². The Labute approximate surface area is 83.5 Å². The van der Waals surface area contributed by atoms with Crippen LogP contribution in [0.5, 0.6) is 5.75 Å². The predicted octanol–water partition coefficient (Wildman–Crippen LogP) is 1.95. The van der Waals surface area contributed by atoms with E-state index in [-0.39, 0.29) is 0 Å². The van der Waals surface area contributed by atoms with Gasteiger partial charge in [-0.05, 0) is 34.7 Å². The zero-order chi connectivity index (χ0) is 8.55. The molecule has 2 aromatic rings. The maximum absolute atomic E-state index is 5.15. The van der Waals surface area contributed by atoms with Gasteiger partial charge in [0, 0.05) is 6.20 Å². The summed E-state index contributed by atoms with van der Waals surface area (Å²) in [6, 6.07) is 3.84. The van der Waals surface area contributed by atoms with Gasteiger partial charge in [0.15, 0.2) is 11.4 Å². The third-order valence-electron chi connectivity index (χ3n) is 1.67. The molecule has 12 heavy (non-hydrogen) atoms. The number of nitrogens with zero attached hydrogens (tertiary/aromatic N) is 2. The highest BCUT2D eigenvalue weighted by Gasteiger charge is 2.03. The van der Waals surface area contributed by atoms with Gasteiger partial charge in [-0.3, -0.25) is 4.40 Å². The largest absolute Gasteiger partial charge is 0.493 e. The monoisotopic (exact) mass is 274 g/mol. The molecule has 0 aliphatic carbocycles. The van der Waals surface area contributed by atoms with Crippen LogP contribution in [0.1, 0.15) is 0 Å². The second-order valence-electron chi connectivity index (χ2n) is 2.35. The summed E-state index contributed by atoms with van der Waals surface area (Å²) >= 11 is 2.23. The van der Waals surface area contributed by atoms with Gasteiger partial charge >= 0.3 is 0 Å². The fourth-order valence-electron chi connectivity index (χ4n) is 1.11. The van der Waals surface area contributed by atoms with Crippen LogP contribution in [0.3, 0.4) is 0 Å². The van der Waals surface area contributed by atoms with E-state index in [1.165, 1.54) is 0 Å². The van der Waals surface area contributed by atoms with Crippen molar-refractivity contribution in [2.24, 2.45) is 0 Å². The Bertz CT molecular complexity index is 410. The third-order valence-corrected chi connectivity index (χ3v) is 2.47. The van der Waals surface area contributed by atoms with Crippen LogP contribution < -0.4 is 4.74 Å². The van der Waals surface area contributed by atoms with Crippen molar-refractivity contribution in [2.75, 3.05) is 7.11 Å². The number of hydrogen-bond acceptors (Lipinski definition) is 2. The molecule has 2 rings (SSSR count). The first-order valence-corrected chi connectivity index (χ1v) is 4.56. The number of aromatic nitrogens is 2. The van der Waals surface area contributed by atoms with Gasteiger partial charge in [-0.25, -0.2) is 4.98 Å². The Morgan fingerprint density at radius 3 is 3.17 bits per heavy atom. The van der Waals surface area contributed by atoms with Gasteiger partial charge in [0.05, 0.1) is 13.3 Å². The minimum absolute atomic E-state index is 0.806. The van der Waals surface area contributed by atoms with Gasteiger partial charge in [-0.1, -0.05) is 0 Å². The molecular formula is C8H7IN2O. The van der Waals surface area contributed by atoms with Crippen molar-refractivity contribution in [3.63, 3.8) is 0 Å². The lowest BCUT2D eigenvalue weighted by Crippen LogP contribution is -1.90. The molecule has 0 saturated carbocycles. The number of fused-ring (bicyclic) bond motifs is 1. The van der Waals surface area contributed by atoms with E-state index in [0.717, 1.165) is 15.1 Å². The first kappa shape index (κ1) is 7.85. The van der Waals surface area contributed by atoms with E-state index in [9.17, 15) is 0 Å². The minimum atomic E-state index is 0.806. The van der Waals surface area contributed by atoms with Crippen LogP contribution in [0.4, 0.5) is 0 Å². The van der Waals surface area contributed by atoms with E-state index < -0.39 is 0 Å². The van der Waals surface area contributed by atoms with Crippen molar-refractivity contribution in [3.8, 4) is 5.75 Å². The molecule has 3 nitrogen and oxygen atoms in total. The van der Waals surface area contributed by atoms with E-state index in [2.05, 4.69) is 27.6 Å². The van der Waals surface area contributed by atoms with Crippen LogP contribution in [0.15, 0.2) is 24.5 Å². The molecule has 0 saturated heterocycles. The van der Waals surface area contributed by atoms with Crippen LogP contribution in [-0.4, -0.2) is 16.5 Å². The Kier molecular flexibility index (Phi) is 1.92. The van der Waals surface area contributed by atoms with E-state index in [1.54, 1.807) is 7.11 Å². The molecule has 0 aromatic carbocycles. The summed E-state index contributed by atoms with van der Waals surface area (Å²) < 4.78 is 8.22. The van der Waals surface area contributed by atoms with E-state index in [0.29, 0.717) is 0 Å². The first-order chi connectivity index (χ1) is 5.83. The van der Waals surface area contributed by atoms with Crippen LogP contribution in [0.2, 0.25) is 0 Å². The molecule has 4 heteroatoms. The lowest BCUT2D eigenvalue weighted by atomic mass is 10.4. The molecule has 2 heterocycles. The number of ether oxygens (including phenoxy) is 1. The zero-order valence-corrected chi connectivity index (χ0v) is 8.65. The molecule has 0 fully saturated rings. The van der Waals surface area contributed by atoms with Crippen LogP contribution in [-0.2, 0) is 0 Å². The Morgan fingerprint density at radius 2 is 2.42 bits per heavy atom. The lowest BCUT2D eigenvalue weighted by molar-refractivity contribution is 0.417. The predicted molar refractivity (Wildman–Crippen MR) is 54.5 cm³/mol. The summed E-state index contributed by atoms with van der Waals surface area (Å²) in [5.74, 6) is 0.806. The molecule has 0 aliphatic rings. The second kappa shape index (κ2) is 2.93. The Hall–Kier alpha value is -0.780. The average molecular weight is 274 g/mol. The van der Waals surface area contributed by atoms with Crippen molar-refractivity contribution < 1.29 is 4.74 Å². The highest BCUT2D eigenvalue weighted by molar-refractivity contribution is 14.1. The molecule has 0 unspecified atom stereocenters. The van der Waals surface area contributed by atoms with E-state index in [1.807, 2.05) is 28.9 Å². The van der Waals surface area contributed by atoms with Gasteiger partial charge in [-0.15, -0.1) is 0 Å². The molecule has 0 N–H and O–H groups in total. The fraction of sp³-hybridized carbons (Fsp3) is 0.125. The normalized spacial score (nSPS) is 10.5. The molecule has 0 radical (unpaired) electrons. The molecule has 0 spiro atoms. The van der Waals surface area contributed by atoms with Gasteiger partial charge in [0.25, 0.3) is 0 Å². The van der Waals surface area contributed by atoms with Crippen molar-refractivity contribution >= 4 is 28.2 Å². The summed E-state index contributed by atoms with van der Waals surface area (Å²) in [6.45, 7) is 0. The SMILES string of the molecule is COc1cccn2c(I)cnc12. The maximum Gasteiger partial charge on any atom is 0.180 e. The lowest BCUT2D eigenvalue weighted by Gasteiger charge is -2.00. The van der Waals surface area contributed by atoms with Gasteiger partial charge in [0.1, 0.15) is 3.70 Å². The Balaban J connectivity index is 2.81. The van der Waals surface area contributed by atoms with Crippen LogP contribution >= 0.6 is 22.6 Å². The topological polar surface area (TPSA) is 26.5 Å². The maximum atomic E-state index is 5.15. The van der Waals surface area contributed by atoms with E-state index >= 15 is 0 Å². The molecule has 2 aromatic heterocycles. The number of methoxy groups -OCH3 is 1. The molecule has 0 bridgehead atoms. The molecular weight excluding hydrogens is 267 g/mol. The average Bonchev–Trinajstić information content (AvgIpc) is 2.48. The summed E-state index contributed by atoms with van der Waals surface area (Å²) in [5, 5.41) is 0. The number of rotatable bonds is 1. The van der Waals surface area contributed by atoms with Gasteiger partial charge in [0.2, 0.25) is 0 Å². The molecule has 0 atom stereocenters. The molecule has 0 aliphatic heterocycles. The zero-order valence-electron chi connectivity index (χ0n) is 6.49. The summed E-state index contributed by atoms with van der Waals surface area (Å²) in [7, 11) is 1.65. The smallest absolute Gasteiger partial charge is 0.180 e. The minimum Gasteiger partial charge on any atom is -0.493 e. The first-order valence-electron chi connectivity index (χ1n) is 3.48. The number of halogens is 1. The van der Waals surface area contributed by atoms with Crippen molar-refractivity contribution in [1.82, 2.24) is 9.38 Å². The van der Waals surface area contributed by atoms with Gasteiger partial charge < -0.3 is 4.74 Å². The van der Waals surface area contributed by atoms with Crippen molar-refractivity contribution in [3.05, 3.63) is 28.2 Å². The second-order valence-corrected chi connectivity index (χ2v) is 3.46. The number of pyridine rings is 1. The Morgan fingerprint density at radius 1 is 1.58 bits per heavy atom. The summed E-state index contributed by atoms with van der Waals surface area (Å²) in [5.41, 5.74) is 0.865. The van der Waals surface area contributed by atoms with E-state index in [4.69, 9.17) is 4.74 Å². The van der Waals surface area contributed by atoms with Crippen LogP contribution in [0.25, 0.3) is 5.65 Å². The molecule has 0 amide bonds. The van der Waals surface area contributed by atoms with Crippen LogP contribution in [0, 0.1) is 3.70 Å². The quantitative estimate of drug-likeness (QED) is 0.743. The highest BCUT2D eigenvalue weighted by atomic mass is 127. The third kappa shape index (κ3) is 1.06. The number of hydrogen-bond donors (Lipinski definition) is 0. The number of imidazole rings is 1. The summed E-state index contributed by atoms with van der Waals surface area (Å²) in [6.07, 6.45) is 3.78. The highest BCUT2D eigenvalue weighted by Crippen LogP contribution is 2.19. The van der Waals surface area contributed by atoms with Gasteiger partial charge in [-0.2, -0.15) is 0 Å². The standard InChI is InChI=1S/C8H7IN2O/c1-12-6-3-2-4-11-7(9)5-10-8(6)11/h2-5H,1H3. The molecule has 62 valence electrons. The fourth-order valence-corrected chi connectivity index (χ4v) is 1.64. The summed E-state index contributed by atoms with van der Waals surface area (Å²) in [4.78, 5) is 4.22. The van der Waals surface area contributed by atoms with Crippen molar-refractivity contribution in [1.29, 1.82) is 0 Å².